The summed E-state index contributed by atoms with van der Waals surface area (Å²) in [6.07, 6.45) is 2.06. The van der Waals surface area contributed by atoms with Gasteiger partial charge < -0.3 is 34.5 Å². The van der Waals surface area contributed by atoms with Gasteiger partial charge in [0.15, 0.2) is 5.69 Å². The molecule has 292 valence electrons. The van der Waals surface area contributed by atoms with Crippen molar-refractivity contribution in [3.05, 3.63) is 75.9 Å². The summed E-state index contributed by atoms with van der Waals surface area (Å²) in [7, 11) is 1.59. The van der Waals surface area contributed by atoms with Crippen LogP contribution in [0.1, 0.15) is 76.4 Å². The van der Waals surface area contributed by atoms with Gasteiger partial charge in [0.2, 0.25) is 5.91 Å². The number of fused-ring (bicyclic) bond motifs is 3. The summed E-state index contributed by atoms with van der Waals surface area (Å²) in [4.78, 5) is 40.9. The summed E-state index contributed by atoms with van der Waals surface area (Å²) >= 11 is 13.0. The maximum Gasteiger partial charge on any atom is 0.407 e. The number of methoxy groups -OCH3 is 1. The third-order valence-electron chi connectivity index (χ3n) is 9.30. The summed E-state index contributed by atoms with van der Waals surface area (Å²) in [6.45, 7) is 11.2. The van der Waals surface area contributed by atoms with Crippen molar-refractivity contribution in [2.24, 2.45) is 0 Å². The van der Waals surface area contributed by atoms with E-state index in [-0.39, 0.29) is 24.1 Å². The summed E-state index contributed by atoms with van der Waals surface area (Å²) in [5.41, 5.74) is 3.92. The van der Waals surface area contributed by atoms with Crippen molar-refractivity contribution in [1.82, 2.24) is 20.0 Å². The lowest BCUT2D eigenvalue weighted by Gasteiger charge is -2.41. The number of benzene rings is 3. The van der Waals surface area contributed by atoms with Crippen LogP contribution < -0.4 is 20.1 Å². The molecular weight excluding hydrogens is 745 g/mol. The first-order chi connectivity index (χ1) is 26.1. The number of unbranched alkanes of at least 4 members (excludes halogenated alkanes) is 2. The SMILES string of the molecule is COc1cc2c(cc1-c1cccc(NC(=O)CCCCCNC(=O)OC(C)(C)C)c1)-c1c(c(C(=O)N3CCOCC3(C)C)nn1-c1cc(Cl)cc(Cl)c1)CO2. The molecule has 0 spiro atoms. The van der Waals surface area contributed by atoms with E-state index in [2.05, 4.69) is 10.6 Å². The highest BCUT2D eigenvalue weighted by molar-refractivity contribution is 6.34. The van der Waals surface area contributed by atoms with Crippen LogP contribution in [0, 0.1) is 0 Å². The number of anilines is 1. The molecule has 0 radical (unpaired) electrons. The molecule has 0 atom stereocenters. The fraction of sp³-hybridized carbons (Fsp3) is 0.415. The Morgan fingerprint density at radius 3 is 2.45 bits per heavy atom. The summed E-state index contributed by atoms with van der Waals surface area (Å²) in [5.74, 6) is 0.781. The fourth-order valence-corrected chi connectivity index (χ4v) is 7.25. The second-order valence-corrected chi connectivity index (χ2v) is 16.1. The zero-order valence-corrected chi connectivity index (χ0v) is 33.5. The first-order valence-corrected chi connectivity index (χ1v) is 19.1. The minimum absolute atomic E-state index is 0.104. The zero-order valence-electron chi connectivity index (χ0n) is 32.0. The maximum atomic E-state index is 14.3. The third kappa shape index (κ3) is 9.37. The molecule has 0 bridgehead atoms. The molecule has 14 heteroatoms. The van der Waals surface area contributed by atoms with E-state index in [1.165, 1.54) is 0 Å². The van der Waals surface area contributed by atoms with E-state index < -0.39 is 17.2 Å². The number of halogens is 2. The topological polar surface area (TPSA) is 133 Å². The number of hydrogen-bond acceptors (Lipinski definition) is 8. The number of hydrogen-bond donors (Lipinski definition) is 2. The van der Waals surface area contributed by atoms with Crippen molar-refractivity contribution in [3.8, 4) is 39.6 Å². The van der Waals surface area contributed by atoms with E-state index in [9.17, 15) is 14.4 Å². The minimum Gasteiger partial charge on any atom is -0.496 e. The number of alkyl carbamates (subject to hydrolysis) is 1. The van der Waals surface area contributed by atoms with Gasteiger partial charge in [-0.3, -0.25) is 9.59 Å². The van der Waals surface area contributed by atoms with E-state index in [1.807, 2.05) is 71.0 Å². The van der Waals surface area contributed by atoms with Gasteiger partial charge >= 0.3 is 6.09 Å². The molecule has 0 aliphatic carbocycles. The zero-order chi connectivity index (χ0) is 39.5. The maximum absolute atomic E-state index is 14.3. The highest BCUT2D eigenvalue weighted by Gasteiger charge is 2.39. The molecule has 6 rings (SSSR count). The quantitative estimate of drug-likeness (QED) is 0.144. The minimum atomic E-state index is -0.550. The van der Waals surface area contributed by atoms with Crippen LogP contribution in [0.5, 0.6) is 11.5 Å². The molecule has 3 heterocycles. The number of morpholine rings is 1. The van der Waals surface area contributed by atoms with Crippen LogP contribution in [0.4, 0.5) is 10.5 Å². The molecule has 0 unspecified atom stereocenters. The van der Waals surface area contributed by atoms with Crippen molar-refractivity contribution in [1.29, 1.82) is 0 Å². The number of nitrogens with zero attached hydrogens (tertiary/aromatic N) is 3. The first-order valence-electron chi connectivity index (χ1n) is 18.3. The van der Waals surface area contributed by atoms with Crippen LogP contribution >= 0.6 is 23.2 Å². The van der Waals surface area contributed by atoms with E-state index in [0.717, 1.165) is 24.0 Å². The van der Waals surface area contributed by atoms with Crippen molar-refractivity contribution in [3.63, 3.8) is 0 Å². The van der Waals surface area contributed by atoms with Crippen molar-refractivity contribution in [2.75, 3.05) is 38.7 Å². The molecule has 2 aliphatic heterocycles. The lowest BCUT2D eigenvalue weighted by atomic mass is 9.95. The average Bonchev–Trinajstić information content (AvgIpc) is 3.51. The number of aromatic nitrogens is 2. The smallest absolute Gasteiger partial charge is 0.407 e. The Hall–Kier alpha value is -4.78. The number of nitrogens with one attached hydrogen (secondary N) is 2. The van der Waals surface area contributed by atoms with Crippen LogP contribution in [-0.4, -0.2) is 77.1 Å². The number of carbonyl (C=O) groups is 3. The lowest BCUT2D eigenvalue weighted by molar-refractivity contribution is -0.116. The third-order valence-corrected chi connectivity index (χ3v) is 9.74. The monoisotopic (exact) mass is 791 g/mol. The Bertz CT molecular complexity index is 2070. The van der Waals surface area contributed by atoms with Crippen LogP contribution in [0.2, 0.25) is 10.0 Å². The molecule has 12 nitrogen and oxygen atoms in total. The fourth-order valence-electron chi connectivity index (χ4n) is 6.74. The summed E-state index contributed by atoms with van der Waals surface area (Å²) in [5, 5.41) is 11.5. The van der Waals surface area contributed by atoms with Gasteiger partial charge in [0.1, 0.15) is 23.7 Å². The summed E-state index contributed by atoms with van der Waals surface area (Å²) < 4.78 is 24.8. The lowest BCUT2D eigenvalue weighted by Crippen LogP contribution is -2.55. The number of amides is 3. The molecular formula is C41H47Cl2N5O7. The van der Waals surface area contributed by atoms with E-state index in [4.69, 9.17) is 47.2 Å². The standard InChI is InChI=1S/C41H47Cl2N5O7/c1-40(2,3)55-39(51)44-14-9-7-8-13-35(49)45-28-12-10-11-25(17-28)30-21-31-34(22-33(30)52-6)54-23-32-36(38(50)47-15-16-53-24-41(47,4)5)46-48(37(31)32)29-19-26(42)18-27(43)20-29/h10-12,17-22H,7-9,13-16,23-24H2,1-6H3,(H,44,51)(H,45,49). The molecule has 1 saturated heterocycles. The Labute approximate surface area is 331 Å². The molecule has 4 aromatic rings. The Balaban J connectivity index is 1.27. The van der Waals surface area contributed by atoms with Gasteiger partial charge in [0, 0.05) is 58.0 Å². The van der Waals surface area contributed by atoms with E-state index in [1.54, 1.807) is 34.9 Å². The normalized spacial score (nSPS) is 14.7. The van der Waals surface area contributed by atoms with Crippen molar-refractivity contribution >= 4 is 46.8 Å². The predicted octanol–water partition coefficient (Wildman–Crippen LogP) is 8.69. The summed E-state index contributed by atoms with van der Waals surface area (Å²) in [6, 6.07) is 16.5. The second-order valence-electron chi connectivity index (χ2n) is 15.2. The Kier molecular flexibility index (Phi) is 12.0. The Morgan fingerprint density at radius 2 is 1.75 bits per heavy atom. The van der Waals surface area contributed by atoms with Crippen molar-refractivity contribution < 1.29 is 33.3 Å². The molecule has 0 saturated carbocycles. The highest BCUT2D eigenvalue weighted by Crippen LogP contribution is 2.47. The number of ether oxygens (including phenoxy) is 4. The van der Waals surface area contributed by atoms with Crippen LogP contribution in [0.25, 0.3) is 28.1 Å². The largest absolute Gasteiger partial charge is 0.496 e. The van der Waals surface area contributed by atoms with Crippen LogP contribution in [-0.2, 0) is 20.9 Å². The van der Waals surface area contributed by atoms with E-state index in [0.29, 0.717) is 88.9 Å². The highest BCUT2D eigenvalue weighted by atomic mass is 35.5. The van der Waals surface area contributed by atoms with Gasteiger partial charge in [-0.05, 0) is 89.4 Å². The van der Waals surface area contributed by atoms with Crippen LogP contribution in [0.3, 0.4) is 0 Å². The van der Waals surface area contributed by atoms with Gasteiger partial charge in [-0.2, -0.15) is 5.10 Å². The Morgan fingerprint density at radius 1 is 0.982 bits per heavy atom. The molecule has 1 fully saturated rings. The van der Waals surface area contributed by atoms with Gasteiger partial charge in [0.05, 0.1) is 37.2 Å². The van der Waals surface area contributed by atoms with Gasteiger partial charge in [0.25, 0.3) is 5.91 Å². The second kappa shape index (κ2) is 16.5. The van der Waals surface area contributed by atoms with Crippen molar-refractivity contribution in [2.45, 2.75) is 78.0 Å². The van der Waals surface area contributed by atoms with E-state index >= 15 is 0 Å². The number of carbonyl (C=O) groups excluding carboxylic acids is 3. The van der Waals surface area contributed by atoms with Gasteiger partial charge in [-0.1, -0.05) is 41.8 Å². The van der Waals surface area contributed by atoms with Crippen LogP contribution in [0.15, 0.2) is 54.6 Å². The predicted molar refractivity (Wildman–Crippen MR) is 213 cm³/mol. The molecule has 3 amide bonds. The average molecular weight is 793 g/mol. The molecule has 3 aromatic carbocycles. The van der Waals surface area contributed by atoms with Gasteiger partial charge in [-0.25, -0.2) is 9.48 Å². The molecule has 1 aromatic heterocycles. The molecule has 55 heavy (non-hydrogen) atoms. The first kappa shape index (κ1) is 39.9. The van der Waals surface area contributed by atoms with Gasteiger partial charge in [-0.15, -0.1) is 0 Å². The number of rotatable bonds is 11. The molecule has 2 N–H and O–H groups in total. The molecule has 2 aliphatic rings.